The van der Waals surface area contributed by atoms with Crippen LogP contribution in [-0.4, -0.2) is 4.98 Å². The summed E-state index contributed by atoms with van der Waals surface area (Å²) in [5.74, 6) is 0.601. The van der Waals surface area contributed by atoms with Gasteiger partial charge in [-0.2, -0.15) is 0 Å². The maximum atomic E-state index is 6.46. The average molecular weight is 781 g/mol. The summed E-state index contributed by atoms with van der Waals surface area (Å²) in [6.07, 6.45) is 0. The Morgan fingerprint density at radius 3 is 1.74 bits per heavy atom. The SMILES string of the molecule is c1ccc(-c2nc3ccc4oc5cc(-c6ccc(N(c7ccc(-c8cc9ccccc9c9ccccc89)cc7)c7ccccc7-c7ccccc7)cc6)ccc5c4c3o2)cc1. The first-order valence-corrected chi connectivity index (χ1v) is 20.6. The zero-order chi connectivity index (χ0) is 40.3. The molecule has 12 rings (SSSR count). The molecular weight excluding hydrogens is 745 g/mol. The summed E-state index contributed by atoms with van der Waals surface area (Å²) in [6.45, 7) is 0. The second-order valence-corrected chi connectivity index (χ2v) is 15.5. The topological polar surface area (TPSA) is 42.4 Å². The quantitative estimate of drug-likeness (QED) is 0.151. The molecule has 0 bridgehead atoms. The number of rotatable bonds is 7. The highest BCUT2D eigenvalue weighted by Crippen LogP contribution is 2.44. The number of hydrogen-bond donors (Lipinski definition) is 0. The van der Waals surface area contributed by atoms with Crippen LogP contribution in [0.4, 0.5) is 17.1 Å². The van der Waals surface area contributed by atoms with Gasteiger partial charge in [0.1, 0.15) is 16.7 Å². The van der Waals surface area contributed by atoms with Crippen molar-refractivity contribution in [2.24, 2.45) is 0 Å². The van der Waals surface area contributed by atoms with E-state index in [9.17, 15) is 0 Å². The van der Waals surface area contributed by atoms with Gasteiger partial charge in [0.25, 0.3) is 0 Å². The summed E-state index contributed by atoms with van der Waals surface area (Å²) in [4.78, 5) is 7.16. The van der Waals surface area contributed by atoms with E-state index in [4.69, 9.17) is 13.8 Å². The fourth-order valence-electron chi connectivity index (χ4n) is 8.97. The lowest BCUT2D eigenvalue weighted by molar-refractivity contribution is 0.622. The van der Waals surface area contributed by atoms with Crippen LogP contribution in [-0.2, 0) is 0 Å². The molecule has 0 saturated heterocycles. The van der Waals surface area contributed by atoms with Crippen LogP contribution in [0.15, 0.2) is 227 Å². The summed E-state index contributed by atoms with van der Waals surface area (Å²) in [5.41, 5.74) is 14.2. The Kier molecular flexibility index (Phi) is 8.13. The van der Waals surface area contributed by atoms with Gasteiger partial charge in [-0.1, -0.05) is 146 Å². The molecule has 2 heterocycles. The van der Waals surface area contributed by atoms with Gasteiger partial charge in [-0.15, -0.1) is 0 Å². The second-order valence-electron chi connectivity index (χ2n) is 15.5. The van der Waals surface area contributed by atoms with Crippen molar-refractivity contribution in [3.63, 3.8) is 0 Å². The van der Waals surface area contributed by atoms with E-state index in [-0.39, 0.29) is 0 Å². The Bertz CT molecular complexity index is 3570. The van der Waals surface area contributed by atoms with Gasteiger partial charge < -0.3 is 13.7 Å². The molecule has 10 aromatic carbocycles. The molecular formula is C57H36N2O2. The van der Waals surface area contributed by atoms with Crippen molar-refractivity contribution < 1.29 is 8.83 Å². The van der Waals surface area contributed by atoms with E-state index in [0.717, 1.165) is 77.9 Å². The fraction of sp³-hybridized carbons (Fsp3) is 0. The van der Waals surface area contributed by atoms with Gasteiger partial charge in [-0.25, -0.2) is 4.98 Å². The fourth-order valence-corrected chi connectivity index (χ4v) is 8.97. The number of anilines is 3. The summed E-state index contributed by atoms with van der Waals surface area (Å²) < 4.78 is 12.8. The standard InChI is InChI=1S/C57H36N2O2/c1-3-13-38(14-4-1)46-19-11-12-22-52(46)59(44-30-25-39(26-31-44)50-35-42-17-7-8-18-45(42)47-20-9-10-21-48(47)50)43-28-23-37(24-29-43)41-27-32-49-54(36-41)60-53-34-33-51-56(55(49)53)61-57(58-51)40-15-5-2-6-16-40/h1-36H. The van der Waals surface area contributed by atoms with Gasteiger partial charge in [0.05, 0.1) is 11.1 Å². The van der Waals surface area contributed by atoms with Gasteiger partial charge in [0, 0.05) is 27.9 Å². The van der Waals surface area contributed by atoms with Gasteiger partial charge in [-0.3, -0.25) is 0 Å². The van der Waals surface area contributed by atoms with Crippen LogP contribution in [0.5, 0.6) is 0 Å². The molecule has 2 aromatic heterocycles. The minimum absolute atomic E-state index is 0.601. The minimum atomic E-state index is 0.601. The third-order valence-electron chi connectivity index (χ3n) is 11.9. The lowest BCUT2D eigenvalue weighted by atomic mass is 9.93. The lowest BCUT2D eigenvalue weighted by Gasteiger charge is -2.28. The molecule has 0 saturated carbocycles. The normalized spacial score (nSPS) is 11.6. The van der Waals surface area contributed by atoms with Crippen LogP contribution < -0.4 is 4.90 Å². The Hall–Kier alpha value is -8.21. The molecule has 286 valence electrons. The van der Waals surface area contributed by atoms with Crippen molar-refractivity contribution in [3.05, 3.63) is 218 Å². The van der Waals surface area contributed by atoms with Crippen LogP contribution in [0.2, 0.25) is 0 Å². The monoisotopic (exact) mass is 780 g/mol. The van der Waals surface area contributed by atoms with E-state index >= 15 is 0 Å². The van der Waals surface area contributed by atoms with E-state index in [1.54, 1.807) is 0 Å². The lowest BCUT2D eigenvalue weighted by Crippen LogP contribution is -2.11. The number of benzene rings is 10. The van der Waals surface area contributed by atoms with Gasteiger partial charge in [0.2, 0.25) is 5.89 Å². The number of hydrogen-bond acceptors (Lipinski definition) is 4. The molecule has 61 heavy (non-hydrogen) atoms. The second kappa shape index (κ2) is 14.3. The molecule has 0 unspecified atom stereocenters. The van der Waals surface area contributed by atoms with Gasteiger partial charge in [-0.05, 0) is 122 Å². The van der Waals surface area contributed by atoms with Crippen molar-refractivity contribution >= 4 is 71.6 Å². The summed E-state index contributed by atoms with van der Waals surface area (Å²) in [5, 5.41) is 6.97. The molecule has 4 heteroatoms. The molecule has 4 nitrogen and oxygen atoms in total. The highest BCUT2D eigenvalue weighted by atomic mass is 16.4. The van der Waals surface area contributed by atoms with Gasteiger partial charge in [0.15, 0.2) is 5.58 Å². The number of para-hydroxylation sites is 1. The number of aromatic nitrogens is 1. The number of oxazole rings is 1. The summed E-state index contributed by atoms with van der Waals surface area (Å²) in [7, 11) is 0. The maximum Gasteiger partial charge on any atom is 0.227 e. The molecule has 0 N–H and O–H groups in total. The van der Waals surface area contributed by atoms with Crippen LogP contribution in [0.1, 0.15) is 0 Å². The van der Waals surface area contributed by atoms with Crippen molar-refractivity contribution in [1.29, 1.82) is 0 Å². The first-order chi connectivity index (χ1) is 30.2. The van der Waals surface area contributed by atoms with Crippen molar-refractivity contribution in [2.45, 2.75) is 0 Å². The third kappa shape index (κ3) is 5.96. The number of fused-ring (bicyclic) bond motifs is 8. The molecule has 0 fully saturated rings. The van der Waals surface area contributed by atoms with Crippen molar-refractivity contribution in [3.8, 4) is 44.8 Å². The molecule has 0 amide bonds. The minimum Gasteiger partial charge on any atom is -0.456 e. The molecule has 0 aliphatic carbocycles. The Morgan fingerprint density at radius 1 is 0.361 bits per heavy atom. The van der Waals surface area contributed by atoms with Crippen LogP contribution in [0.25, 0.3) is 99.4 Å². The zero-order valence-electron chi connectivity index (χ0n) is 33.0. The number of furan rings is 1. The molecule has 0 atom stereocenters. The summed E-state index contributed by atoms with van der Waals surface area (Å²) in [6, 6.07) is 77.2. The van der Waals surface area contributed by atoms with Crippen LogP contribution in [0, 0.1) is 0 Å². The molecule has 12 aromatic rings. The Labute approximate surface area is 352 Å². The van der Waals surface area contributed by atoms with E-state index in [2.05, 4.69) is 181 Å². The Balaban J connectivity index is 0.940. The predicted molar refractivity (Wildman–Crippen MR) is 253 cm³/mol. The maximum absolute atomic E-state index is 6.46. The first-order valence-electron chi connectivity index (χ1n) is 20.6. The van der Waals surface area contributed by atoms with Crippen molar-refractivity contribution in [2.75, 3.05) is 4.90 Å². The van der Waals surface area contributed by atoms with E-state index in [1.165, 1.54) is 32.7 Å². The molecule has 0 spiro atoms. The largest absolute Gasteiger partial charge is 0.456 e. The summed E-state index contributed by atoms with van der Waals surface area (Å²) >= 11 is 0. The third-order valence-corrected chi connectivity index (χ3v) is 11.9. The van der Waals surface area contributed by atoms with Crippen molar-refractivity contribution in [1.82, 2.24) is 4.98 Å². The predicted octanol–water partition coefficient (Wildman–Crippen LogP) is 16.2. The van der Waals surface area contributed by atoms with E-state index in [0.29, 0.717) is 5.89 Å². The molecule has 0 aliphatic rings. The first kappa shape index (κ1) is 34.8. The molecule has 0 radical (unpaired) electrons. The smallest absolute Gasteiger partial charge is 0.227 e. The molecule has 0 aliphatic heterocycles. The van der Waals surface area contributed by atoms with E-state index < -0.39 is 0 Å². The highest BCUT2D eigenvalue weighted by Gasteiger charge is 2.20. The highest BCUT2D eigenvalue weighted by molar-refractivity contribution is 6.17. The zero-order valence-corrected chi connectivity index (χ0v) is 33.0. The average Bonchev–Trinajstić information content (AvgIpc) is 3.94. The van der Waals surface area contributed by atoms with Crippen LogP contribution >= 0.6 is 0 Å². The van der Waals surface area contributed by atoms with Crippen LogP contribution in [0.3, 0.4) is 0 Å². The van der Waals surface area contributed by atoms with E-state index in [1.807, 2.05) is 42.5 Å². The Morgan fingerprint density at radius 2 is 0.967 bits per heavy atom. The van der Waals surface area contributed by atoms with Gasteiger partial charge >= 0.3 is 0 Å². The number of nitrogens with zero attached hydrogens (tertiary/aromatic N) is 2.